The van der Waals surface area contributed by atoms with Crippen LogP contribution in [0.15, 0.2) is 18.2 Å². The molecule has 0 saturated carbocycles. The number of carboxylic acids is 1. The molecule has 1 aromatic rings. The molecule has 0 fully saturated rings. The van der Waals surface area contributed by atoms with E-state index in [4.69, 9.17) is 19.3 Å². The van der Waals surface area contributed by atoms with Crippen LogP contribution in [0.1, 0.15) is 69.4 Å². The molecule has 0 unspecified atom stereocenters. The molecule has 202 valence electrons. The number of carboxylic acid groups (broad SMARTS) is 1. The first-order valence-corrected chi connectivity index (χ1v) is 12.2. The molecular weight excluding hydrogens is 475 g/mol. The molecule has 9 nitrogen and oxygen atoms in total. The van der Waals surface area contributed by atoms with E-state index in [2.05, 4.69) is 0 Å². The number of rotatable bonds is 14. The lowest BCUT2D eigenvalue weighted by atomic mass is 9.65. The summed E-state index contributed by atoms with van der Waals surface area (Å²) in [5.41, 5.74) is 0.738. The molecule has 0 heterocycles. The Hall–Kier alpha value is -2.56. The van der Waals surface area contributed by atoms with E-state index in [0.29, 0.717) is 12.8 Å². The predicted molar refractivity (Wildman–Crippen MR) is 127 cm³/mol. The van der Waals surface area contributed by atoms with Crippen molar-refractivity contribution >= 4 is 17.9 Å². The van der Waals surface area contributed by atoms with Crippen LogP contribution in [0.5, 0.6) is 0 Å². The van der Waals surface area contributed by atoms with Crippen LogP contribution >= 0.6 is 0 Å². The highest BCUT2D eigenvalue weighted by Crippen LogP contribution is 2.48. The minimum atomic E-state index is -1.19. The van der Waals surface area contributed by atoms with Gasteiger partial charge in [-0.05, 0) is 54.9 Å². The number of benzene rings is 1. The molecule has 0 saturated heterocycles. The number of ether oxygens (including phenoxy) is 3. The summed E-state index contributed by atoms with van der Waals surface area (Å²) in [6, 6.07) is 4.60. The van der Waals surface area contributed by atoms with Gasteiger partial charge in [-0.3, -0.25) is 9.59 Å². The molecule has 0 radical (unpaired) electrons. The number of hydrogen-bond acceptors (Lipinski definition) is 8. The summed E-state index contributed by atoms with van der Waals surface area (Å²) in [6.07, 6.45) is -1.74. The molecule has 4 atom stereocenters. The lowest BCUT2D eigenvalue weighted by Crippen LogP contribution is -2.47. The van der Waals surface area contributed by atoms with Gasteiger partial charge in [0.1, 0.15) is 18.0 Å². The van der Waals surface area contributed by atoms with Gasteiger partial charge in [0.15, 0.2) is 0 Å². The van der Waals surface area contributed by atoms with Gasteiger partial charge in [0.25, 0.3) is 0 Å². The fraction of sp³-hybridized carbons (Fsp3) is 0.654. The van der Waals surface area contributed by atoms with E-state index in [1.165, 1.54) is 19.2 Å². The number of fused-ring (bicyclic) bond motifs is 1. The van der Waals surface area contributed by atoms with Crippen LogP contribution in [-0.2, 0) is 35.0 Å². The van der Waals surface area contributed by atoms with Crippen LogP contribution in [0, 0.1) is 11.7 Å². The number of hydrogen-bond donors (Lipinski definition) is 3. The van der Waals surface area contributed by atoms with Crippen LogP contribution in [-0.4, -0.2) is 71.4 Å². The monoisotopic (exact) mass is 512 g/mol. The van der Waals surface area contributed by atoms with Gasteiger partial charge in [-0.15, -0.1) is 0 Å². The predicted octanol–water partition coefficient (Wildman–Crippen LogP) is 2.74. The maximum Gasteiger partial charge on any atom is 0.332 e. The fourth-order valence-electron chi connectivity index (χ4n) is 5.08. The van der Waals surface area contributed by atoms with E-state index in [-0.39, 0.29) is 56.6 Å². The number of carbonyl (C=O) groups excluding carboxylic acids is 2. The Morgan fingerprint density at radius 2 is 1.89 bits per heavy atom. The van der Waals surface area contributed by atoms with Gasteiger partial charge in [-0.1, -0.05) is 19.9 Å². The highest BCUT2D eigenvalue weighted by atomic mass is 19.1. The summed E-state index contributed by atoms with van der Waals surface area (Å²) in [5, 5.41) is 28.2. The van der Waals surface area contributed by atoms with Gasteiger partial charge in [-0.2, -0.15) is 0 Å². The van der Waals surface area contributed by atoms with Crippen molar-refractivity contribution in [2.75, 3.05) is 20.3 Å². The topological polar surface area (TPSA) is 140 Å². The molecule has 0 aromatic heterocycles. The van der Waals surface area contributed by atoms with E-state index < -0.39 is 42.1 Å². The quantitative estimate of drug-likeness (QED) is 0.321. The smallest absolute Gasteiger partial charge is 0.332 e. The summed E-state index contributed by atoms with van der Waals surface area (Å²) < 4.78 is 30.0. The van der Waals surface area contributed by atoms with Crippen LogP contribution in [0.2, 0.25) is 0 Å². The Balaban J connectivity index is 2.06. The van der Waals surface area contributed by atoms with E-state index in [1.807, 2.05) is 13.8 Å². The first-order chi connectivity index (χ1) is 17.0. The highest BCUT2D eigenvalue weighted by Gasteiger charge is 2.48. The summed E-state index contributed by atoms with van der Waals surface area (Å²) >= 11 is 0. The molecule has 3 N–H and O–H groups in total. The van der Waals surface area contributed by atoms with Crippen molar-refractivity contribution < 1.29 is 48.3 Å². The Bertz CT molecular complexity index is 903. The lowest BCUT2D eigenvalue weighted by molar-refractivity contribution is -0.173. The van der Waals surface area contributed by atoms with E-state index in [1.54, 1.807) is 6.07 Å². The number of halogens is 1. The maximum absolute atomic E-state index is 13.9. The second kappa shape index (κ2) is 13.7. The Labute approximate surface area is 210 Å². The molecule has 1 aliphatic carbocycles. The molecule has 1 aliphatic rings. The average molecular weight is 513 g/mol. The zero-order valence-corrected chi connectivity index (χ0v) is 21.1. The Morgan fingerprint density at radius 3 is 2.53 bits per heavy atom. The van der Waals surface area contributed by atoms with E-state index >= 15 is 0 Å². The first kappa shape index (κ1) is 29.7. The summed E-state index contributed by atoms with van der Waals surface area (Å²) in [5.74, 6) is -2.84. The molecule has 1 aromatic carbocycles. The van der Waals surface area contributed by atoms with Crippen LogP contribution < -0.4 is 0 Å². The lowest BCUT2D eigenvalue weighted by Gasteiger charge is -2.46. The van der Waals surface area contributed by atoms with Crippen molar-refractivity contribution in [1.82, 2.24) is 0 Å². The SMILES string of the molecule is COCC(=O)O[C@]1(CCC(=O)OCC[C@H](O)C[C@H](O)CC(=O)O)CCc2cc(F)ccc2[C@@H]1C(C)C. The minimum absolute atomic E-state index is 0.0215. The molecule has 0 amide bonds. The number of esters is 2. The highest BCUT2D eigenvalue weighted by molar-refractivity contribution is 5.72. The second-order valence-corrected chi connectivity index (χ2v) is 9.69. The van der Waals surface area contributed by atoms with Gasteiger partial charge < -0.3 is 29.5 Å². The fourth-order valence-corrected chi connectivity index (χ4v) is 5.08. The summed E-state index contributed by atoms with van der Waals surface area (Å²) in [7, 11) is 1.39. The number of carbonyl (C=O) groups is 3. The third-order valence-corrected chi connectivity index (χ3v) is 6.49. The Kier molecular flexibility index (Phi) is 11.3. The molecule has 36 heavy (non-hydrogen) atoms. The minimum Gasteiger partial charge on any atom is -0.481 e. The molecule has 2 rings (SSSR count). The van der Waals surface area contributed by atoms with Crippen molar-refractivity contribution in [1.29, 1.82) is 0 Å². The number of methoxy groups -OCH3 is 1. The van der Waals surface area contributed by atoms with Crippen LogP contribution in [0.3, 0.4) is 0 Å². The Morgan fingerprint density at radius 1 is 1.17 bits per heavy atom. The van der Waals surface area contributed by atoms with Gasteiger partial charge in [0.05, 0.1) is 25.2 Å². The number of aliphatic hydroxyl groups is 2. The zero-order valence-electron chi connectivity index (χ0n) is 21.1. The van der Waals surface area contributed by atoms with Gasteiger partial charge in [0.2, 0.25) is 0 Å². The molecular formula is C26H37FO9. The van der Waals surface area contributed by atoms with Gasteiger partial charge in [0, 0.05) is 25.9 Å². The summed E-state index contributed by atoms with van der Waals surface area (Å²) in [6.45, 7) is 3.63. The first-order valence-electron chi connectivity index (χ1n) is 12.2. The van der Waals surface area contributed by atoms with E-state index in [0.717, 1.165) is 11.1 Å². The van der Waals surface area contributed by atoms with Crippen molar-refractivity contribution in [3.63, 3.8) is 0 Å². The molecule has 0 aliphatic heterocycles. The van der Waals surface area contributed by atoms with E-state index in [9.17, 15) is 29.0 Å². The largest absolute Gasteiger partial charge is 0.481 e. The van der Waals surface area contributed by atoms with Crippen molar-refractivity contribution in [2.24, 2.45) is 5.92 Å². The van der Waals surface area contributed by atoms with Gasteiger partial charge in [-0.25, -0.2) is 9.18 Å². The van der Waals surface area contributed by atoms with Crippen molar-refractivity contribution in [2.45, 2.75) is 82.5 Å². The molecule has 10 heteroatoms. The summed E-state index contributed by atoms with van der Waals surface area (Å²) in [4.78, 5) is 35.6. The number of aliphatic carboxylic acids is 1. The van der Waals surface area contributed by atoms with Gasteiger partial charge >= 0.3 is 17.9 Å². The second-order valence-electron chi connectivity index (χ2n) is 9.69. The average Bonchev–Trinajstić information content (AvgIpc) is 2.77. The third-order valence-electron chi connectivity index (χ3n) is 6.49. The van der Waals surface area contributed by atoms with Crippen molar-refractivity contribution in [3.05, 3.63) is 35.1 Å². The van der Waals surface area contributed by atoms with Crippen molar-refractivity contribution in [3.8, 4) is 0 Å². The zero-order chi connectivity index (χ0) is 26.9. The maximum atomic E-state index is 13.9. The molecule has 0 bridgehead atoms. The third kappa shape index (κ3) is 8.53. The number of aliphatic hydroxyl groups excluding tert-OH is 2. The van der Waals surface area contributed by atoms with Crippen LogP contribution in [0.4, 0.5) is 4.39 Å². The standard InChI is InChI=1S/C26H37FO9/c1-16(2)25-21-5-4-18(27)12-17(21)6-9-26(25,36-24(33)15-34-3)10-7-23(32)35-11-8-19(28)13-20(29)14-22(30)31/h4-5,12,16,19-20,25,28-29H,6-11,13-15H2,1-3H3,(H,30,31)/t19-,20-,25-,26-/m0/s1. The normalized spacial score (nSPS) is 20.9. The molecule has 0 spiro atoms. The van der Waals surface area contributed by atoms with Crippen LogP contribution in [0.25, 0.3) is 0 Å². The number of aryl methyl sites for hydroxylation is 1.